The van der Waals surface area contributed by atoms with E-state index >= 15 is 0 Å². The fourth-order valence-corrected chi connectivity index (χ4v) is 5.72. The summed E-state index contributed by atoms with van der Waals surface area (Å²) >= 11 is 0. The highest BCUT2D eigenvalue weighted by Gasteiger charge is 2.35. The van der Waals surface area contributed by atoms with E-state index in [0.717, 1.165) is 5.56 Å². The Labute approximate surface area is 176 Å². The maximum Gasteiger partial charge on any atom is 0.281 e. The summed E-state index contributed by atoms with van der Waals surface area (Å²) in [4.78, 5) is 12.7. The van der Waals surface area contributed by atoms with Crippen molar-refractivity contribution in [1.82, 2.24) is 13.9 Å². The van der Waals surface area contributed by atoms with Gasteiger partial charge in [0.1, 0.15) is 0 Å². The van der Waals surface area contributed by atoms with Crippen LogP contribution >= 0.6 is 0 Å². The average molecular weight is 424 g/mol. The number of nitrogens with zero attached hydrogens (tertiary/aromatic N) is 2. The van der Waals surface area contributed by atoms with E-state index in [-0.39, 0.29) is 29.7 Å². The second-order valence-electron chi connectivity index (χ2n) is 8.93. The molecule has 0 aromatic heterocycles. The van der Waals surface area contributed by atoms with E-state index in [2.05, 4.69) is 5.32 Å². The maximum atomic E-state index is 13.1. The Morgan fingerprint density at radius 1 is 1.03 bits per heavy atom. The van der Waals surface area contributed by atoms with Gasteiger partial charge in [0.15, 0.2) is 0 Å². The fraction of sp³-hybridized carbons (Fsp3) is 0.682. The lowest BCUT2D eigenvalue weighted by molar-refractivity contribution is -0.126. The van der Waals surface area contributed by atoms with Crippen LogP contribution in [0.2, 0.25) is 0 Å². The van der Waals surface area contributed by atoms with Gasteiger partial charge in [0.05, 0.1) is 6.04 Å². The number of piperidine rings is 1. The Morgan fingerprint density at radius 3 is 2.03 bits per heavy atom. The summed E-state index contributed by atoms with van der Waals surface area (Å²) in [5.41, 5.74) is 1.07. The molecule has 2 rings (SSSR count). The average Bonchev–Trinajstić information content (AvgIpc) is 2.67. The van der Waals surface area contributed by atoms with E-state index in [1.54, 1.807) is 8.61 Å². The molecule has 1 aliphatic rings. The van der Waals surface area contributed by atoms with E-state index in [1.807, 2.05) is 65.0 Å². The third-order valence-electron chi connectivity index (χ3n) is 5.27. The normalized spacial score (nSPS) is 17.8. The molecule has 0 spiro atoms. The van der Waals surface area contributed by atoms with E-state index in [0.29, 0.717) is 39.0 Å². The fourth-order valence-electron chi connectivity index (χ4n) is 3.75. The van der Waals surface area contributed by atoms with Crippen LogP contribution in [-0.4, -0.2) is 49.1 Å². The van der Waals surface area contributed by atoms with Gasteiger partial charge in [-0.3, -0.25) is 4.79 Å². The summed E-state index contributed by atoms with van der Waals surface area (Å²) in [6, 6.07) is 9.81. The number of carbonyl (C=O) groups excluding carboxylic acids is 1. The monoisotopic (exact) mass is 423 g/mol. The Hall–Kier alpha value is -1.44. The molecule has 1 aliphatic heterocycles. The van der Waals surface area contributed by atoms with Crippen molar-refractivity contribution >= 4 is 16.1 Å². The summed E-state index contributed by atoms with van der Waals surface area (Å²) < 4.78 is 29.5. The van der Waals surface area contributed by atoms with Crippen LogP contribution in [0.4, 0.5) is 0 Å². The van der Waals surface area contributed by atoms with Gasteiger partial charge in [-0.25, -0.2) is 0 Å². The molecule has 0 saturated carbocycles. The van der Waals surface area contributed by atoms with Crippen LogP contribution in [0.1, 0.15) is 59.1 Å². The molecule has 29 heavy (non-hydrogen) atoms. The highest BCUT2D eigenvalue weighted by molar-refractivity contribution is 7.86. The van der Waals surface area contributed by atoms with Crippen LogP contribution in [0.3, 0.4) is 0 Å². The molecule has 1 saturated heterocycles. The number of amides is 1. The molecule has 1 fully saturated rings. The van der Waals surface area contributed by atoms with Crippen molar-refractivity contribution < 1.29 is 13.2 Å². The first-order valence-electron chi connectivity index (χ1n) is 10.7. The molecule has 0 radical (unpaired) electrons. The second-order valence-corrected chi connectivity index (χ2v) is 10.9. The van der Waals surface area contributed by atoms with Gasteiger partial charge in [0.2, 0.25) is 5.91 Å². The molecular weight excluding hydrogens is 386 g/mol. The molecule has 1 unspecified atom stereocenters. The van der Waals surface area contributed by atoms with Gasteiger partial charge in [-0.2, -0.15) is 17.0 Å². The zero-order valence-electron chi connectivity index (χ0n) is 18.5. The number of nitrogens with one attached hydrogen (secondary N) is 1. The molecule has 6 nitrogen and oxygen atoms in total. The zero-order chi connectivity index (χ0) is 21.6. The predicted molar refractivity (Wildman–Crippen MR) is 117 cm³/mol. The van der Waals surface area contributed by atoms with Crippen molar-refractivity contribution in [2.45, 2.75) is 53.5 Å². The van der Waals surface area contributed by atoms with Crippen molar-refractivity contribution in [3.05, 3.63) is 35.9 Å². The molecule has 1 N–H and O–H groups in total. The summed E-state index contributed by atoms with van der Waals surface area (Å²) in [7, 11) is -3.49. The van der Waals surface area contributed by atoms with Crippen molar-refractivity contribution in [2.75, 3.05) is 26.2 Å². The zero-order valence-corrected chi connectivity index (χ0v) is 19.3. The Kier molecular flexibility index (Phi) is 8.67. The van der Waals surface area contributed by atoms with Crippen molar-refractivity contribution in [3.63, 3.8) is 0 Å². The molecule has 0 aliphatic carbocycles. The summed E-state index contributed by atoms with van der Waals surface area (Å²) in [6.07, 6.45) is 1.12. The molecule has 164 valence electrons. The molecule has 7 heteroatoms. The lowest BCUT2D eigenvalue weighted by Gasteiger charge is -2.36. The number of hydrogen-bond acceptors (Lipinski definition) is 3. The van der Waals surface area contributed by atoms with Crippen molar-refractivity contribution in [1.29, 1.82) is 0 Å². The molecule has 1 aromatic rings. The van der Waals surface area contributed by atoms with Crippen molar-refractivity contribution in [2.24, 2.45) is 17.8 Å². The second kappa shape index (κ2) is 10.5. The minimum absolute atomic E-state index is 0.0135. The maximum absolute atomic E-state index is 13.1. The number of carbonyl (C=O) groups is 1. The van der Waals surface area contributed by atoms with Gasteiger partial charge >= 0.3 is 0 Å². The molecule has 1 amide bonds. The predicted octanol–water partition coefficient (Wildman–Crippen LogP) is 3.43. The molecule has 1 heterocycles. The third kappa shape index (κ3) is 6.79. The van der Waals surface area contributed by atoms with E-state index in [9.17, 15) is 13.2 Å². The van der Waals surface area contributed by atoms with Gasteiger partial charge in [0.25, 0.3) is 10.2 Å². The van der Waals surface area contributed by atoms with Crippen LogP contribution in [0.15, 0.2) is 30.3 Å². The largest absolute Gasteiger partial charge is 0.349 e. The quantitative estimate of drug-likeness (QED) is 0.661. The van der Waals surface area contributed by atoms with E-state index in [1.165, 1.54) is 0 Å². The van der Waals surface area contributed by atoms with Gasteiger partial charge < -0.3 is 5.32 Å². The van der Waals surface area contributed by atoms with Crippen LogP contribution in [0.25, 0.3) is 0 Å². The first-order valence-corrected chi connectivity index (χ1v) is 12.1. The Bertz CT molecular complexity index is 732. The van der Waals surface area contributed by atoms with Gasteiger partial charge in [-0.1, -0.05) is 58.0 Å². The van der Waals surface area contributed by atoms with Gasteiger partial charge in [-0.15, -0.1) is 0 Å². The minimum atomic E-state index is -3.49. The topological polar surface area (TPSA) is 69.7 Å². The van der Waals surface area contributed by atoms with E-state index in [4.69, 9.17) is 0 Å². The molecule has 0 bridgehead atoms. The molecular formula is C22H37N3O3S. The standard InChI is InChI=1S/C22H37N3O3S/c1-17(2)15-25(16-18(3)4)29(27,28)24-13-11-21(12-14-24)22(26)23-19(5)20-9-7-6-8-10-20/h6-10,17-19,21H,11-16H2,1-5H3,(H,23,26). The summed E-state index contributed by atoms with van der Waals surface area (Å²) in [6.45, 7) is 12.0. The Balaban J connectivity index is 1.95. The van der Waals surface area contributed by atoms with Crippen LogP contribution in [-0.2, 0) is 15.0 Å². The van der Waals surface area contributed by atoms with Crippen LogP contribution < -0.4 is 5.32 Å². The molecule has 1 atom stereocenters. The van der Waals surface area contributed by atoms with Gasteiger partial charge in [0, 0.05) is 32.1 Å². The van der Waals surface area contributed by atoms with E-state index < -0.39 is 10.2 Å². The number of rotatable bonds is 9. The lowest BCUT2D eigenvalue weighted by Crippen LogP contribution is -2.50. The molecule has 1 aromatic carbocycles. The highest BCUT2D eigenvalue weighted by Crippen LogP contribution is 2.24. The summed E-state index contributed by atoms with van der Waals surface area (Å²) in [5, 5.41) is 3.08. The summed E-state index contributed by atoms with van der Waals surface area (Å²) in [5.74, 6) is 0.411. The van der Waals surface area contributed by atoms with Crippen molar-refractivity contribution in [3.8, 4) is 0 Å². The van der Waals surface area contributed by atoms with Crippen LogP contribution in [0, 0.1) is 17.8 Å². The first kappa shape index (κ1) is 23.8. The number of benzene rings is 1. The smallest absolute Gasteiger partial charge is 0.281 e. The first-order chi connectivity index (χ1) is 13.6. The highest BCUT2D eigenvalue weighted by atomic mass is 32.2. The van der Waals surface area contributed by atoms with Crippen LogP contribution in [0.5, 0.6) is 0 Å². The Morgan fingerprint density at radius 2 is 1.55 bits per heavy atom. The lowest BCUT2D eigenvalue weighted by atomic mass is 9.96. The third-order valence-corrected chi connectivity index (χ3v) is 7.24. The SMILES string of the molecule is CC(C)CN(CC(C)C)S(=O)(=O)N1CCC(C(=O)NC(C)c2ccccc2)CC1. The number of hydrogen-bond donors (Lipinski definition) is 1. The van der Waals surface area contributed by atoms with Gasteiger partial charge in [-0.05, 0) is 37.2 Å². The minimum Gasteiger partial charge on any atom is -0.349 e.